The second-order valence-electron chi connectivity index (χ2n) is 4.13. The van der Waals surface area contributed by atoms with Crippen molar-refractivity contribution in [2.75, 3.05) is 22.2 Å². The van der Waals surface area contributed by atoms with E-state index < -0.39 is 9.84 Å². The van der Waals surface area contributed by atoms with Gasteiger partial charge in [-0.2, -0.15) is 4.98 Å². The molecule has 4 N–H and O–H groups in total. The van der Waals surface area contributed by atoms with Gasteiger partial charge < -0.3 is 5.32 Å². The quantitative estimate of drug-likeness (QED) is 0.545. The first-order valence-corrected chi connectivity index (χ1v) is 8.08. The minimum Gasteiger partial charge on any atom is -0.365 e. The van der Waals surface area contributed by atoms with Crippen LogP contribution in [0.3, 0.4) is 0 Å². The zero-order valence-corrected chi connectivity index (χ0v) is 12.0. The topological polar surface area (TPSA) is 110 Å². The molecule has 1 fully saturated rings. The van der Waals surface area contributed by atoms with E-state index in [1.54, 1.807) is 6.20 Å². The summed E-state index contributed by atoms with van der Waals surface area (Å²) in [5, 5.41) is 3.11. The Balaban J connectivity index is 2.13. The van der Waals surface area contributed by atoms with Gasteiger partial charge in [0.05, 0.1) is 16.0 Å². The normalized spacial score (nSPS) is 22.4. The summed E-state index contributed by atoms with van der Waals surface area (Å²) in [4.78, 5) is 8.06. The van der Waals surface area contributed by atoms with Crippen molar-refractivity contribution in [1.82, 2.24) is 9.97 Å². The van der Waals surface area contributed by atoms with Crippen molar-refractivity contribution >= 4 is 37.5 Å². The average molecular weight is 336 g/mol. The number of hydrazine groups is 1. The average Bonchev–Trinajstić information content (AvgIpc) is 2.31. The van der Waals surface area contributed by atoms with Gasteiger partial charge in [-0.25, -0.2) is 19.2 Å². The molecule has 100 valence electrons. The molecule has 0 radical (unpaired) electrons. The summed E-state index contributed by atoms with van der Waals surface area (Å²) >= 11 is 3.31. The van der Waals surface area contributed by atoms with Crippen molar-refractivity contribution in [2.24, 2.45) is 5.84 Å². The Morgan fingerprint density at radius 1 is 1.50 bits per heavy atom. The maximum absolute atomic E-state index is 11.5. The highest BCUT2D eigenvalue weighted by molar-refractivity contribution is 9.10. The number of nitrogens with zero attached hydrogens (tertiary/aromatic N) is 2. The van der Waals surface area contributed by atoms with Crippen LogP contribution >= 0.6 is 15.9 Å². The number of hydrogen-bond donors (Lipinski definition) is 3. The maximum Gasteiger partial charge on any atom is 0.239 e. The minimum absolute atomic E-state index is 0.124. The molecule has 0 spiro atoms. The lowest BCUT2D eigenvalue weighted by molar-refractivity contribution is 0.561. The molecule has 1 aliphatic rings. The molecular weight excluding hydrogens is 322 g/mol. The monoisotopic (exact) mass is 335 g/mol. The molecule has 1 aliphatic heterocycles. The Hall–Kier alpha value is -0.930. The molecule has 1 atom stereocenters. The SMILES string of the molecule is NNc1ncc(Br)c(NC2CCCS(=O)(=O)C2)n1. The molecule has 0 aromatic carbocycles. The van der Waals surface area contributed by atoms with E-state index in [4.69, 9.17) is 5.84 Å². The summed E-state index contributed by atoms with van der Waals surface area (Å²) in [5.74, 6) is 6.45. The number of rotatable bonds is 3. The molecule has 0 saturated carbocycles. The number of aromatic nitrogens is 2. The number of hydrogen-bond acceptors (Lipinski definition) is 7. The van der Waals surface area contributed by atoms with Gasteiger partial charge in [-0.3, -0.25) is 5.43 Å². The van der Waals surface area contributed by atoms with Crippen LogP contribution in [-0.4, -0.2) is 35.9 Å². The highest BCUT2D eigenvalue weighted by Gasteiger charge is 2.25. The molecule has 2 rings (SSSR count). The number of halogens is 1. The van der Waals surface area contributed by atoms with E-state index in [0.717, 1.165) is 6.42 Å². The van der Waals surface area contributed by atoms with Crippen molar-refractivity contribution in [3.05, 3.63) is 10.7 Å². The van der Waals surface area contributed by atoms with Crippen LogP contribution in [-0.2, 0) is 9.84 Å². The maximum atomic E-state index is 11.5. The van der Waals surface area contributed by atoms with E-state index in [1.165, 1.54) is 0 Å². The lowest BCUT2D eigenvalue weighted by atomic mass is 10.2. The van der Waals surface area contributed by atoms with Crippen LogP contribution in [0.2, 0.25) is 0 Å². The molecule has 1 aromatic heterocycles. The zero-order valence-electron chi connectivity index (χ0n) is 9.56. The van der Waals surface area contributed by atoms with Gasteiger partial charge in [0.2, 0.25) is 5.95 Å². The van der Waals surface area contributed by atoms with Crippen molar-refractivity contribution in [2.45, 2.75) is 18.9 Å². The van der Waals surface area contributed by atoms with E-state index in [0.29, 0.717) is 16.7 Å². The predicted octanol–water partition coefficient (Wildman–Crippen LogP) is 0.514. The van der Waals surface area contributed by atoms with E-state index in [1.807, 2.05) is 0 Å². The van der Waals surface area contributed by atoms with Crippen LogP contribution in [0.4, 0.5) is 11.8 Å². The fourth-order valence-corrected chi connectivity index (χ4v) is 3.81. The van der Waals surface area contributed by atoms with Gasteiger partial charge in [0.25, 0.3) is 0 Å². The Kier molecular flexibility index (Phi) is 4.03. The Morgan fingerprint density at radius 2 is 2.28 bits per heavy atom. The molecule has 18 heavy (non-hydrogen) atoms. The molecule has 7 nitrogen and oxygen atoms in total. The molecule has 0 aliphatic carbocycles. The van der Waals surface area contributed by atoms with Crippen LogP contribution in [0.25, 0.3) is 0 Å². The molecule has 1 unspecified atom stereocenters. The van der Waals surface area contributed by atoms with Gasteiger partial charge in [-0.05, 0) is 28.8 Å². The third-order valence-corrected chi connectivity index (χ3v) is 5.08. The van der Waals surface area contributed by atoms with Crippen molar-refractivity contribution in [1.29, 1.82) is 0 Å². The fraction of sp³-hybridized carbons (Fsp3) is 0.556. The summed E-state index contributed by atoms with van der Waals surface area (Å²) in [5.41, 5.74) is 2.35. The smallest absolute Gasteiger partial charge is 0.239 e. The van der Waals surface area contributed by atoms with Crippen LogP contribution in [0.5, 0.6) is 0 Å². The third-order valence-electron chi connectivity index (χ3n) is 2.68. The number of nitrogens with one attached hydrogen (secondary N) is 2. The molecule has 2 heterocycles. The largest absolute Gasteiger partial charge is 0.365 e. The number of sulfone groups is 1. The summed E-state index contributed by atoms with van der Waals surface area (Å²) in [7, 11) is -2.94. The van der Waals surface area contributed by atoms with Gasteiger partial charge >= 0.3 is 0 Å². The van der Waals surface area contributed by atoms with Gasteiger partial charge in [0, 0.05) is 12.2 Å². The lowest BCUT2D eigenvalue weighted by Gasteiger charge is -2.23. The van der Waals surface area contributed by atoms with Crippen molar-refractivity contribution in [3.63, 3.8) is 0 Å². The second-order valence-corrected chi connectivity index (χ2v) is 7.22. The number of nitrogens with two attached hydrogens (primary N) is 1. The molecule has 1 saturated heterocycles. The molecule has 0 amide bonds. The standard InChI is InChI=1S/C9H14BrN5O2S/c10-7-4-12-9(15-11)14-8(7)13-6-2-1-3-18(16,17)5-6/h4,6H,1-3,5,11H2,(H2,12,13,14,15). The summed E-state index contributed by atoms with van der Waals surface area (Å²) < 4.78 is 23.8. The van der Waals surface area contributed by atoms with E-state index in [2.05, 4.69) is 36.6 Å². The van der Waals surface area contributed by atoms with E-state index >= 15 is 0 Å². The van der Waals surface area contributed by atoms with Crippen LogP contribution < -0.4 is 16.6 Å². The van der Waals surface area contributed by atoms with Crippen molar-refractivity contribution in [3.8, 4) is 0 Å². The first-order valence-electron chi connectivity index (χ1n) is 5.46. The van der Waals surface area contributed by atoms with Gasteiger partial charge in [-0.1, -0.05) is 0 Å². The van der Waals surface area contributed by atoms with Crippen molar-refractivity contribution < 1.29 is 8.42 Å². The van der Waals surface area contributed by atoms with Gasteiger partial charge in [0.15, 0.2) is 9.84 Å². The second kappa shape index (κ2) is 5.37. The molecule has 9 heteroatoms. The summed E-state index contributed by atoms with van der Waals surface area (Å²) in [6.07, 6.45) is 3.04. The van der Waals surface area contributed by atoms with E-state index in [-0.39, 0.29) is 23.5 Å². The van der Waals surface area contributed by atoms with Gasteiger partial charge in [-0.15, -0.1) is 0 Å². The summed E-state index contributed by atoms with van der Waals surface area (Å²) in [6, 6.07) is -0.124. The Morgan fingerprint density at radius 3 is 2.94 bits per heavy atom. The zero-order chi connectivity index (χ0) is 13.2. The highest BCUT2D eigenvalue weighted by Crippen LogP contribution is 2.23. The molecule has 0 bridgehead atoms. The highest BCUT2D eigenvalue weighted by atomic mass is 79.9. The molecule has 1 aromatic rings. The fourth-order valence-electron chi connectivity index (χ4n) is 1.87. The lowest BCUT2D eigenvalue weighted by Crippen LogP contribution is -2.35. The predicted molar refractivity (Wildman–Crippen MR) is 72.8 cm³/mol. The minimum atomic E-state index is -2.94. The Labute approximate surface area is 114 Å². The molecular formula is C9H14BrN5O2S. The number of anilines is 2. The Bertz CT molecular complexity index is 536. The van der Waals surface area contributed by atoms with Crippen LogP contribution in [0, 0.1) is 0 Å². The third kappa shape index (κ3) is 3.30. The van der Waals surface area contributed by atoms with Gasteiger partial charge in [0.1, 0.15) is 5.82 Å². The van der Waals surface area contributed by atoms with E-state index in [9.17, 15) is 8.42 Å². The number of nitrogen functional groups attached to an aromatic ring is 1. The van der Waals surface area contributed by atoms with Crippen LogP contribution in [0.15, 0.2) is 10.7 Å². The van der Waals surface area contributed by atoms with Crippen LogP contribution in [0.1, 0.15) is 12.8 Å². The summed E-state index contributed by atoms with van der Waals surface area (Å²) in [6.45, 7) is 0. The first-order chi connectivity index (χ1) is 8.50. The first kappa shape index (κ1) is 13.5.